The van der Waals surface area contributed by atoms with Gasteiger partial charge < -0.3 is 4.90 Å². The molecular weight excluding hydrogens is 327 g/mol. The van der Waals surface area contributed by atoms with Gasteiger partial charge in [-0.05, 0) is 37.8 Å². The molecule has 2 fully saturated rings. The van der Waals surface area contributed by atoms with Crippen LogP contribution in [0.1, 0.15) is 30.1 Å². The minimum Gasteiger partial charge on any atom is -0.339 e. The predicted molar refractivity (Wildman–Crippen MR) is 92.9 cm³/mol. The standard InChI is InChI=1S/C18H23FN2O2S/c1-13(22)15-4-5-17(16(19)10-15)24-12-18(23)21-8-6-20(7-9-21)11-14-2-3-14/h4-5,10,14H,2-3,6-9,11-12H2,1H3. The van der Waals surface area contributed by atoms with Crippen LogP contribution in [-0.4, -0.2) is 60.0 Å². The van der Waals surface area contributed by atoms with Gasteiger partial charge in [0.1, 0.15) is 5.82 Å². The van der Waals surface area contributed by atoms with Crippen molar-refractivity contribution in [3.63, 3.8) is 0 Å². The van der Waals surface area contributed by atoms with Gasteiger partial charge in [-0.25, -0.2) is 4.39 Å². The molecule has 0 bridgehead atoms. The summed E-state index contributed by atoms with van der Waals surface area (Å²) in [4.78, 5) is 28.3. The molecule has 2 aliphatic rings. The molecule has 1 aromatic carbocycles. The molecule has 0 unspecified atom stereocenters. The lowest BCUT2D eigenvalue weighted by molar-refractivity contribution is -0.130. The first-order valence-electron chi connectivity index (χ1n) is 8.46. The smallest absolute Gasteiger partial charge is 0.233 e. The second-order valence-electron chi connectivity index (χ2n) is 6.61. The first kappa shape index (κ1) is 17.4. The van der Waals surface area contributed by atoms with E-state index in [4.69, 9.17) is 0 Å². The normalized spacial score (nSPS) is 18.7. The molecule has 1 saturated heterocycles. The van der Waals surface area contributed by atoms with Crippen molar-refractivity contribution in [1.82, 2.24) is 9.80 Å². The van der Waals surface area contributed by atoms with Gasteiger partial charge in [0.25, 0.3) is 0 Å². The maximum Gasteiger partial charge on any atom is 0.233 e. The number of carbonyl (C=O) groups excluding carboxylic acids is 2. The Morgan fingerprint density at radius 2 is 1.92 bits per heavy atom. The van der Waals surface area contributed by atoms with Crippen molar-refractivity contribution in [3.8, 4) is 0 Å². The molecular formula is C18H23FN2O2S. The quantitative estimate of drug-likeness (QED) is 0.584. The van der Waals surface area contributed by atoms with E-state index >= 15 is 0 Å². The fourth-order valence-electron chi connectivity index (χ4n) is 2.91. The Bertz CT molecular complexity index is 625. The van der Waals surface area contributed by atoms with Gasteiger partial charge in [0.2, 0.25) is 5.91 Å². The number of rotatable bonds is 6. The van der Waals surface area contributed by atoms with Crippen molar-refractivity contribution in [3.05, 3.63) is 29.6 Å². The highest BCUT2D eigenvalue weighted by atomic mass is 32.2. The molecule has 0 aromatic heterocycles. The van der Waals surface area contributed by atoms with E-state index in [1.807, 2.05) is 4.90 Å². The van der Waals surface area contributed by atoms with Gasteiger partial charge in [-0.3, -0.25) is 14.5 Å². The summed E-state index contributed by atoms with van der Waals surface area (Å²) in [5.41, 5.74) is 0.356. The molecule has 24 heavy (non-hydrogen) atoms. The number of ketones is 1. The molecule has 0 N–H and O–H groups in total. The van der Waals surface area contributed by atoms with Crippen molar-refractivity contribution in [2.75, 3.05) is 38.5 Å². The summed E-state index contributed by atoms with van der Waals surface area (Å²) in [6.07, 6.45) is 2.70. The monoisotopic (exact) mass is 350 g/mol. The zero-order chi connectivity index (χ0) is 17.1. The number of amides is 1. The topological polar surface area (TPSA) is 40.6 Å². The number of carbonyl (C=O) groups is 2. The number of piperazine rings is 1. The molecule has 0 radical (unpaired) electrons. The minimum absolute atomic E-state index is 0.0566. The lowest BCUT2D eigenvalue weighted by Crippen LogP contribution is -2.49. The summed E-state index contributed by atoms with van der Waals surface area (Å²) in [5.74, 6) is 0.573. The van der Waals surface area contributed by atoms with E-state index in [1.165, 1.54) is 44.1 Å². The Hall–Kier alpha value is -1.40. The molecule has 130 valence electrons. The number of hydrogen-bond donors (Lipinski definition) is 0. The number of benzene rings is 1. The Morgan fingerprint density at radius 1 is 1.21 bits per heavy atom. The summed E-state index contributed by atoms with van der Waals surface area (Å²) in [5, 5.41) is 0. The summed E-state index contributed by atoms with van der Waals surface area (Å²) >= 11 is 1.20. The third-order valence-electron chi connectivity index (χ3n) is 4.63. The van der Waals surface area contributed by atoms with Gasteiger partial charge in [0.15, 0.2) is 5.78 Å². The number of thioether (sulfide) groups is 1. The Kier molecular flexibility index (Phi) is 5.56. The fourth-order valence-corrected chi connectivity index (χ4v) is 3.74. The predicted octanol–water partition coefficient (Wildman–Crippen LogP) is 2.67. The lowest BCUT2D eigenvalue weighted by Gasteiger charge is -2.34. The van der Waals surface area contributed by atoms with Crippen molar-refractivity contribution in [2.24, 2.45) is 5.92 Å². The first-order chi connectivity index (χ1) is 11.5. The molecule has 0 spiro atoms. The number of hydrogen-bond acceptors (Lipinski definition) is 4. The van der Waals surface area contributed by atoms with Gasteiger partial charge in [0, 0.05) is 43.2 Å². The van der Waals surface area contributed by atoms with Crippen LogP contribution in [0.25, 0.3) is 0 Å². The van der Waals surface area contributed by atoms with Crippen LogP contribution in [0.3, 0.4) is 0 Å². The highest BCUT2D eigenvalue weighted by Gasteiger charge is 2.27. The molecule has 1 heterocycles. The van der Waals surface area contributed by atoms with E-state index in [-0.39, 0.29) is 17.4 Å². The van der Waals surface area contributed by atoms with Gasteiger partial charge in [-0.2, -0.15) is 0 Å². The highest BCUT2D eigenvalue weighted by Crippen LogP contribution is 2.30. The summed E-state index contributed by atoms with van der Waals surface area (Å²) in [7, 11) is 0. The molecule has 0 atom stereocenters. The van der Waals surface area contributed by atoms with Gasteiger partial charge in [-0.15, -0.1) is 11.8 Å². The van der Waals surface area contributed by atoms with E-state index in [0.29, 0.717) is 10.5 Å². The van der Waals surface area contributed by atoms with Crippen LogP contribution in [0.15, 0.2) is 23.1 Å². The zero-order valence-electron chi connectivity index (χ0n) is 14.0. The Morgan fingerprint density at radius 3 is 2.50 bits per heavy atom. The average molecular weight is 350 g/mol. The Balaban J connectivity index is 1.46. The highest BCUT2D eigenvalue weighted by molar-refractivity contribution is 8.00. The van der Waals surface area contributed by atoms with Crippen LogP contribution in [0, 0.1) is 11.7 Å². The van der Waals surface area contributed by atoms with E-state index in [0.717, 1.165) is 32.1 Å². The van der Waals surface area contributed by atoms with Crippen LogP contribution in [-0.2, 0) is 4.79 Å². The molecule has 1 aliphatic heterocycles. The summed E-state index contributed by atoms with van der Waals surface area (Å²) in [6.45, 7) is 5.98. The van der Waals surface area contributed by atoms with E-state index < -0.39 is 5.82 Å². The van der Waals surface area contributed by atoms with Crippen LogP contribution in [0.2, 0.25) is 0 Å². The SMILES string of the molecule is CC(=O)c1ccc(SCC(=O)N2CCN(CC3CC3)CC2)c(F)c1. The first-order valence-corrected chi connectivity index (χ1v) is 9.45. The van der Waals surface area contributed by atoms with Crippen molar-refractivity contribution in [1.29, 1.82) is 0 Å². The number of halogens is 1. The van der Waals surface area contributed by atoms with Crippen molar-refractivity contribution in [2.45, 2.75) is 24.7 Å². The summed E-state index contributed by atoms with van der Waals surface area (Å²) in [6, 6.07) is 4.43. The maximum atomic E-state index is 14.0. The molecule has 1 aliphatic carbocycles. The summed E-state index contributed by atoms with van der Waals surface area (Å²) < 4.78 is 14.0. The van der Waals surface area contributed by atoms with Crippen molar-refractivity contribution < 1.29 is 14.0 Å². The third kappa shape index (κ3) is 4.57. The largest absolute Gasteiger partial charge is 0.339 e. The second-order valence-corrected chi connectivity index (χ2v) is 7.63. The van der Waals surface area contributed by atoms with Gasteiger partial charge >= 0.3 is 0 Å². The van der Waals surface area contributed by atoms with Crippen LogP contribution in [0.4, 0.5) is 4.39 Å². The van der Waals surface area contributed by atoms with E-state index in [2.05, 4.69) is 4.90 Å². The Labute approximate surface area is 146 Å². The molecule has 6 heteroatoms. The van der Waals surface area contributed by atoms with Crippen LogP contribution in [0.5, 0.6) is 0 Å². The molecule has 1 amide bonds. The average Bonchev–Trinajstić information content (AvgIpc) is 3.38. The van der Waals surface area contributed by atoms with Crippen molar-refractivity contribution >= 4 is 23.5 Å². The van der Waals surface area contributed by atoms with E-state index in [9.17, 15) is 14.0 Å². The molecule has 1 aromatic rings. The minimum atomic E-state index is -0.435. The fraction of sp³-hybridized carbons (Fsp3) is 0.556. The molecule has 1 saturated carbocycles. The van der Waals surface area contributed by atoms with E-state index in [1.54, 1.807) is 12.1 Å². The van der Waals surface area contributed by atoms with Gasteiger partial charge in [-0.1, -0.05) is 6.07 Å². The third-order valence-corrected chi connectivity index (χ3v) is 5.66. The molecule has 3 rings (SSSR count). The van der Waals surface area contributed by atoms with Crippen LogP contribution >= 0.6 is 11.8 Å². The zero-order valence-corrected chi connectivity index (χ0v) is 14.8. The second kappa shape index (κ2) is 7.66. The number of Topliss-reactive ketones (excluding diaryl/α,β-unsaturated/α-hetero) is 1. The lowest BCUT2D eigenvalue weighted by atomic mass is 10.1. The van der Waals surface area contributed by atoms with Crippen LogP contribution < -0.4 is 0 Å². The van der Waals surface area contributed by atoms with Gasteiger partial charge in [0.05, 0.1) is 5.75 Å². The number of nitrogens with zero attached hydrogens (tertiary/aromatic N) is 2. The molecule has 4 nitrogen and oxygen atoms in total. The maximum absolute atomic E-state index is 14.0.